The van der Waals surface area contributed by atoms with Crippen LogP contribution >= 0.6 is 15.9 Å². The van der Waals surface area contributed by atoms with Crippen LogP contribution in [0.15, 0.2) is 22.7 Å². The third kappa shape index (κ3) is 4.32. The zero-order chi connectivity index (χ0) is 13.7. The molecule has 1 aliphatic carbocycles. The monoisotopic (exact) mass is 325 g/mol. The molecule has 4 heteroatoms. The minimum Gasteiger partial charge on any atom is -0.376 e. The first kappa shape index (κ1) is 14.5. The van der Waals surface area contributed by atoms with E-state index in [1.807, 2.05) is 25.1 Å². The third-order valence-corrected chi connectivity index (χ3v) is 4.33. The largest absolute Gasteiger partial charge is 0.376 e. The molecule has 0 bridgehead atoms. The van der Waals surface area contributed by atoms with Crippen LogP contribution in [-0.4, -0.2) is 25.2 Å². The zero-order valence-corrected chi connectivity index (χ0v) is 12.8. The standard InChI is InChI=1S/C15H20BrNO2/c1-11-6-7-12(10-14(11)16)15(18)17-8-9-19-13-4-2-3-5-13/h6-7,10,13H,2-5,8-9H2,1H3,(H,17,18). The van der Waals surface area contributed by atoms with Crippen molar-refractivity contribution in [2.45, 2.75) is 38.7 Å². The predicted octanol–water partition coefficient (Wildman–Crippen LogP) is 3.45. The van der Waals surface area contributed by atoms with Crippen molar-refractivity contribution >= 4 is 21.8 Å². The second-order valence-corrected chi connectivity index (χ2v) is 5.85. The van der Waals surface area contributed by atoms with Crippen molar-refractivity contribution in [2.75, 3.05) is 13.2 Å². The van der Waals surface area contributed by atoms with E-state index in [-0.39, 0.29) is 5.91 Å². The van der Waals surface area contributed by atoms with Crippen LogP contribution < -0.4 is 5.32 Å². The molecule has 3 nitrogen and oxygen atoms in total. The Morgan fingerprint density at radius 3 is 2.84 bits per heavy atom. The maximum Gasteiger partial charge on any atom is 0.251 e. The molecular formula is C15H20BrNO2. The maximum atomic E-state index is 11.9. The van der Waals surface area contributed by atoms with E-state index in [9.17, 15) is 4.79 Å². The summed E-state index contributed by atoms with van der Waals surface area (Å²) in [6.07, 6.45) is 5.28. The predicted molar refractivity (Wildman–Crippen MR) is 79.4 cm³/mol. The number of ether oxygens (including phenoxy) is 1. The van der Waals surface area contributed by atoms with E-state index in [2.05, 4.69) is 21.2 Å². The van der Waals surface area contributed by atoms with Gasteiger partial charge >= 0.3 is 0 Å². The van der Waals surface area contributed by atoms with Gasteiger partial charge in [0.2, 0.25) is 0 Å². The van der Waals surface area contributed by atoms with Gasteiger partial charge in [0, 0.05) is 16.6 Å². The molecule has 1 N–H and O–H groups in total. The fraction of sp³-hybridized carbons (Fsp3) is 0.533. The first-order valence-corrected chi connectivity index (χ1v) is 7.62. The molecule has 0 unspecified atom stereocenters. The van der Waals surface area contributed by atoms with Gasteiger partial charge in [-0.3, -0.25) is 4.79 Å². The lowest BCUT2D eigenvalue weighted by Crippen LogP contribution is -2.28. The summed E-state index contributed by atoms with van der Waals surface area (Å²) in [6.45, 7) is 3.17. The molecule has 0 aliphatic heterocycles. The Hall–Kier alpha value is -0.870. The topological polar surface area (TPSA) is 38.3 Å². The highest BCUT2D eigenvalue weighted by Crippen LogP contribution is 2.20. The molecule has 104 valence electrons. The molecule has 1 amide bonds. The van der Waals surface area contributed by atoms with Crippen molar-refractivity contribution in [3.63, 3.8) is 0 Å². The van der Waals surface area contributed by atoms with E-state index < -0.39 is 0 Å². The van der Waals surface area contributed by atoms with Crippen LogP contribution in [-0.2, 0) is 4.74 Å². The quantitative estimate of drug-likeness (QED) is 0.842. The summed E-state index contributed by atoms with van der Waals surface area (Å²) in [4.78, 5) is 11.9. The van der Waals surface area contributed by atoms with Crippen molar-refractivity contribution in [1.82, 2.24) is 5.32 Å². The first-order valence-electron chi connectivity index (χ1n) is 6.83. The number of rotatable bonds is 5. The molecule has 1 aliphatic rings. The molecule has 1 aromatic carbocycles. The Kier molecular flexibility index (Phi) is 5.40. The third-order valence-electron chi connectivity index (χ3n) is 3.48. The summed E-state index contributed by atoms with van der Waals surface area (Å²) >= 11 is 3.44. The summed E-state index contributed by atoms with van der Waals surface area (Å²) in [5, 5.41) is 2.88. The number of carbonyl (C=O) groups is 1. The molecule has 0 heterocycles. The van der Waals surface area contributed by atoms with Crippen LogP contribution in [0.2, 0.25) is 0 Å². The molecule has 1 aromatic rings. The van der Waals surface area contributed by atoms with E-state index >= 15 is 0 Å². The Morgan fingerprint density at radius 2 is 2.16 bits per heavy atom. The van der Waals surface area contributed by atoms with Crippen LogP contribution in [0.1, 0.15) is 41.6 Å². The average molecular weight is 326 g/mol. The van der Waals surface area contributed by atoms with Gasteiger partial charge in [-0.25, -0.2) is 0 Å². The van der Waals surface area contributed by atoms with Gasteiger partial charge in [0.1, 0.15) is 0 Å². The van der Waals surface area contributed by atoms with Gasteiger partial charge in [-0.05, 0) is 37.5 Å². The number of nitrogens with one attached hydrogen (secondary N) is 1. The summed E-state index contributed by atoms with van der Waals surface area (Å²) in [5.41, 5.74) is 1.81. The van der Waals surface area contributed by atoms with Crippen LogP contribution in [0.5, 0.6) is 0 Å². The van der Waals surface area contributed by atoms with E-state index in [0.717, 1.165) is 10.0 Å². The lowest BCUT2D eigenvalue weighted by atomic mass is 10.1. The molecule has 0 aromatic heterocycles. The van der Waals surface area contributed by atoms with Crippen molar-refractivity contribution in [3.05, 3.63) is 33.8 Å². The second kappa shape index (κ2) is 7.06. The smallest absolute Gasteiger partial charge is 0.251 e. The van der Waals surface area contributed by atoms with Gasteiger partial charge in [0.05, 0.1) is 12.7 Å². The first-order chi connectivity index (χ1) is 9.16. The van der Waals surface area contributed by atoms with Crippen LogP contribution in [0.25, 0.3) is 0 Å². The normalized spacial score (nSPS) is 15.7. The Balaban J connectivity index is 1.72. The highest BCUT2D eigenvalue weighted by atomic mass is 79.9. The minimum absolute atomic E-state index is 0.0456. The molecule has 1 fully saturated rings. The number of hydrogen-bond donors (Lipinski definition) is 1. The molecule has 0 saturated heterocycles. The summed E-state index contributed by atoms with van der Waals surface area (Å²) < 4.78 is 6.67. The Labute approximate surface area is 122 Å². The van der Waals surface area contributed by atoms with Crippen molar-refractivity contribution < 1.29 is 9.53 Å². The van der Waals surface area contributed by atoms with E-state index in [1.54, 1.807) is 0 Å². The fourth-order valence-corrected chi connectivity index (χ4v) is 2.66. The van der Waals surface area contributed by atoms with E-state index in [4.69, 9.17) is 4.74 Å². The zero-order valence-electron chi connectivity index (χ0n) is 11.2. The molecule has 0 atom stereocenters. The van der Waals surface area contributed by atoms with Crippen LogP contribution in [0.4, 0.5) is 0 Å². The van der Waals surface area contributed by atoms with Crippen LogP contribution in [0.3, 0.4) is 0 Å². The van der Waals surface area contributed by atoms with Gasteiger partial charge in [-0.2, -0.15) is 0 Å². The van der Waals surface area contributed by atoms with Crippen molar-refractivity contribution in [2.24, 2.45) is 0 Å². The minimum atomic E-state index is -0.0456. The second-order valence-electron chi connectivity index (χ2n) is 5.00. The number of hydrogen-bond acceptors (Lipinski definition) is 2. The molecule has 0 radical (unpaired) electrons. The van der Waals surface area contributed by atoms with Gasteiger partial charge in [-0.15, -0.1) is 0 Å². The average Bonchev–Trinajstić information content (AvgIpc) is 2.91. The van der Waals surface area contributed by atoms with Gasteiger partial charge in [0.25, 0.3) is 5.91 Å². The highest BCUT2D eigenvalue weighted by molar-refractivity contribution is 9.10. The summed E-state index contributed by atoms with van der Waals surface area (Å²) in [6, 6.07) is 5.63. The molecular weight excluding hydrogens is 306 g/mol. The van der Waals surface area contributed by atoms with Gasteiger partial charge in [-0.1, -0.05) is 34.8 Å². The van der Waals surface area contributed by atoms with Crippen molar-refractivity contribution in [1.29, 1.82) is 0 Å². The lowest BCUT2D eigenvalue weighted by molar-refractivity contribution is 0.0582. The van der Waals surface area contributed by atoms with E-state index in [0.29, 0.717) is 24.8 Å². The van der Waals surface area contributed by atoms with Crippen molar-refractivity contribution in [3.8, 4) is 0 Å². The van der Waals surface area contributed by atoms with E-state index in [1.165, 1.54) is 25.7 Å². The van der Waals surface area contributed by atoms with Gasteiger partial charge in [0.15, 0.2) is 0 Å². The van der Waals surface area contributed by atoms with Gasteiger partial charge < -0.3 is 10.1 Å². The maximum absolute atomic E-state index is 11.9. The molecule has 1 saturated carbocycles. The Morgan fingerprint density at radius 1 is 1.42 bits per heavy atom. The fourth-order valence-electron chi connectivity index (χ4n) is 2.28. The number of carbonyl (C=O) groups excluding carboxylic acids is 1. The Bertz CT molecular complexity index is 442. The van der Waals surface area contributed by atoms with Crippen LogP contribution in [0, 0.1) is 6.92 Å². The molecule has 0 spiro atoms. The summed E-state index contributed by atoms with van der Waals surface area (Å²) in [7, 11) is 0. The lowest BCUT2D eigenvalue weighted by Gasteiger charge is -2.11. The number of halogens is 1. The number of aryl methyl sites for hydroxylation is 1. The number of benzene rings is 1. The highest BCUT2D eigenvalue weighted by Gasteiger charge is 2.15. The SMILES string of the molecule is Cc1ccc(C(=O)NCCOC2CCCC2)cc1Br. The summed E-state index contributed by atoms with van der Waals surface area (Å²) in [5.74, 6) is -0.0456. The molecule has 19 heavy (non-hydrogen) atoms. The molecule has 2 rings (SSSR count). The number of amides is 1.